The predicted molar refractivity (Wildman–Crippen MR) is 65.9 cm³/mol. The maximum atomic E-state index is 11.7. The summed E-state index contributed by atoms with van der Waals surface area (Å²) in [6.07, 6.45) is 1.73. The van der Waals surface area contributed by atoms with Crippen molar-refractivity contribution >= 4 is 5.97 Å². The molecule has 4 atom stereocenters. The lowest BCUT2D eigenvalue weighted by atomic mass is 9.84. The molecule has 3 aliphatic rings. The first-order chi connectivity index (χ1) is 9.33. The highest BCUT2D eigenvalue weighted by Crippen LogP contribution is 2.46. The molecule has 0 saturated carbocycles. The van der Waals surface area contributed by atoms with E-state index in [-0.39, 0.29) is 30.0 Å². The Kier molecular flexibility index (Phi) is 2.38. The van der Waals surface area contributed by atoms with E-state index in [4.69, 9.17) is 14.2 Å². The fourth-order valence-electron chi connectivity index (χ4n) is 3.09. The minimum atomic E-state index is -0.242. The molecule has 0 amide bonds. The van der Waals surface area contributed by atoms with Gasteiger partial charge in [-0.2, -0.15) is 0 Å². The van der Waals surface area contributed by atoms with Crippen molar-refractivity contribution in [2.75, 3.05) is 6.61 Å². The van der Waals surface area contributed by atoms with E-state index >= 15 is 0 Å². The third-order valence-corrected chi connectivity index (χ3v) is 4.06. The molecule has 4 heteroatoms. The van der Waals surface area contributed by atoms with Crippen LogP contribution in [-0.2, 0) is 25.6 Å². The Balaban J connectivity index is 1.48. The smallest absolute Gasteiger partial charge is 0.312 e. The maximum absolute atomic E-state index is 11.7. The first-order valence-electron chi connectivity index (χ1n) is 6.53. The minimum absolute atomic E-state index is 0.0211. The molecular weight excluding hydrogens is 244 g/mol. The van der Waals surface area contributed by atoms with Gasteiger partial charge < -0.3 is 14.2 Å². The Bertz CT molecular complexity index is 536. The summed E-state index contributed by atoms with van der Waals surface area (Å²) in [6.45, 7) is 0.985. The Labute approximate surface area is 111 Å². The Morgan fingerprint density at radius 1 is 1.26 bits per heavy atom. The highest BCUT2D eigenvalue weighted by atomic mass is 16.6. The van der Waals surface area contributed by atoms with E-state index in [0.717, 1.165) is 11.3 Å². The van der Waals surface area contributed by atoms with E-state index < -0.39 is 0 Å². The number of cyclic esters (lactones) is 1. The van der Waals surface area contributed by atoms with Crippen LogP contribution in [-0.4, -0.2) is 24.8 Å². The van der Waals surface area contributed by atoms with E-state index in [2.05, 4.69) is 0 Å². The van der Waals surface area contributed by atoms with Crippen LogP contribution >= 0.6 is 0 Å². The van der Waals surface area contributed by atoms with Crippen molar-refractivity contribution in [2.45, 2.75) is 18.8 Å². The van der Waals surface area contributed by atoms with E-state index in [1.54, 1.807) is 0 Å². The molecule has 2 saturated heterocycles. The predicted octanol–water partition coefficient (Wildman–Crippen LogP) is 1.66. The molecule has 0 aliphatic carbocycles. The Hall–Kier alpha value is -1.81. The molecule has 1 aromatic carbocycles. The van der Waals surface area contributed by atoms with Crippen molar-refractivity contribution in [3.05, 3.63) is 47.7 Å². The standard InChI is InChI=1S/C15H14O4/c16-15-13-10(8-18-15)11-6-12(14(13)19-11)17-7-9-4-2-1-3-5-9/h1-6,10-11,13-14H,7-8H2. The van der Waals surface area contributed by atoms with Crippen LogP contribution in [0.15, 0.2) is 42.2 Å². The van der Waals surface area contributed by atoms with Gasteiger partial charge in [0.05, 0.1) is 18.6 Å². The summed E-state index contributed by atoms with van der Waals surface area (Å²) < 4.78 is 16.7. The molecule has 2 bridgehead atoms. The third kappa shape index (κ3) is 1.67. The molecule has 3 heterocycles. The van der Waals surface area contributed by atoms with Crippen LogP contribution in [0.4, 0.5) is 0 Å². The summed E-state index contributed by atoms with van der Waals surface area (Å²) >= 11 is 0. The molecule has 98 valence electrons. The average molecular weight is 258 g/mol. The second kappa shape index (κ2) is 4.10. The van der Waals surface area contributed by atoms with Gasteiger partial charge in [0.2, 0.25) is 0 Å². The molecular formula is C15H14O4. The number of ether oxygens (including phenoxy) is 3. The van der Waals surface area contributed by atoms with Crippen LogP contribution in [0.1, 0.15) is 5.56 Å². The molecule has 0 spiro atoms. The highest BCUT2D eigenvalue weighted by Gasteiger charge is 2.58. The Morgan fingerprint density at radius 3 is 2.95 bits per heavy atom. The number of esters is 1. The molecule has 4 rings (SSSR count). The fraction of sp³-hybridized carbons (Fsp3) is 0.400. The fourth-order valence-corrected chi connectivity index (χ4v) is 3.09. The Morgan fingerprint density at radius 2 is 2.11 bits per heavy atom. The maximum Gasteiger partial charge on any atom is 0.312 e. The normalized spacial score (nSPS) is 34.9. The lowest BCUT2D eigenvalue weighted by Crippen LogP contribution is -2.28. The largest absolute Gasteiger partial charge is 0.491 e. The van der Waals surface area contributed by atoms with Crippen LogP contribution in [0.2, 0.25) is 0 Å². The van der Waals surface area contributed by atoms with Crippen molar-refractivity contribution in [2.24, 2.45) is 11.8 Å². The quantitative estimate of drug-likeness (QED) is 0.773. The monoisotopic (exact) mass is 258 g/mol. The highest BCUT2D eigenvalue weighted by molar-refractivity contribution is 5.77. The van der Waals surface area contributed by atoms with E-state index in [0.29, 0.717) is 13.2 Å². The van der Waals surface area contributed by atoms with Gasteiger partial charge in [-0.15, -0.1) is 0 Å². The zero-order chi connectivity index (χ0) is 12.8. The van der Waals surface area contributed by atoms with Gasteiger partial charge in [0.1, 0.15) is 18.5 Å². The van der Waals surface area contributed by atoms with Crippen molar-refractivity contribution < 1.29 is 19.0 Å². The van der Waals surface area contributed by atoms with Crippen LogP contribution in [0.25, 0.3) is 0 Å². The summed E-state index contributed by atoms with van der Waals surface area (Å²) in [6, 6.07) is 9.97. The van der Waals surface area contributed by atoms with Gasteiger partial charge in [-0.3, -0.25) is 4.79 Å². The zero-order valence-corrected chi connectivity index (χ0v) is 10.3. The van der Waals surface area contributed by atoms with E-state index in [1.807, 2.05) is 36.4 Å². The molecule has 19 heavy (non-hydrogen) atoms. The third-order valence-electron chi connectivity index (χ3n) is 4.06. The van der Waals surface area contributed by atoms with Gasteiger partial charge in [-0.05, 0) is 11.6 Å². The minimum Gasteiger partial charge on any atom is -0.491 e. The average Bonchev–Trinajstić information content (AvgIpc) is 3.10. The number of rotatable bonds is 3. The van der Waals surface area contributed by atoms with Gasteiger partial charge in [0.25, 0.3) is 0 Å². The first kappa shape index (κ1) is 11.1. The van der Waals surface area contributed by atoms with Crippen LogP contribution < -0.4 is 0 Å². The van der Waals surface area contributed by atoms with Crippen molar-refractivity contribution in [3.8, 4) is 0 Å². The second-order valence-electron chi connectivity index (χ2n) is 5.18. The van der Waals surface area contributed by atoms with Gasteiger partial charge in [-0.25, -0.2) is 0 Å². The van der Waals surface area contributed by atoms with Gasteiger partial charge in [0.15, 0.2) is 0 Å². The van der Waals surface area contributed by atoms with Gasteiger partial charge >= 0.3 is 5.97 Å². The van der Waals surface area contributed by atoms with Crippen molar-refractivity contribution in [1.29, 1.82) is 0 Å². The number of hydrogen-bond acceptors (Lipinski definition) is 4. The topological polar surface area (TPSA) is 44.8 Å². The summed E-state index contributed by atoms with van der Waals surface area (Å²) in [5.41, 5.74) is 1.11. The number of hydrogen-bond donors (Lipinski definition) is 0. The van der Waals surface area contributed by atoms with Crippen LogP contribution in [0.5, 0.6) is 0 Å². The number of fused-ring (bicyclic) bond motifs is 5. The van der Waals surface area contributed by atoms with Crippen LogP contribution in [0.3, 0.4) is 0 Å². The molecule has 0 aromatic heterocycles. The summed E-state index contributed by atoms with van der Waals surface area (Å²) in [4.78, 5) is 11.7. The molecule has 4 unspecified atom stereocenters. The van der Waals surface area contributed by atoms with E-state index in [1.165, 1.54) is 0 Å². The summed E-state index contributed by atoms with van der Waals surface area (Å²) in [5, 5.41) is 0. The zero-order valence-electron chi connectivity index (χ0n) is 10.3. The van der Waals surface area contributed by atoms with E-state index in [9.17, 15) is 4.79 Å². The molecule has 2 fully saturated rings. The summed E-state index contributed by atoms with van der Waals surface area (Å²) in [7, 11) is 0. The second-order valence-corrected chi connectivity index (χ2v) is 5.18. The number of carbonyl (C=O) groups is 1. The molecule has 0 N–H and O–H groups in total. The molecule has 0 radical (unpaired) electrons. The van der Waals surface area contributed by atoms with Crippen LogP contribution in [0, 0.1) is 11.8 Å². The lowest BCUT2D eigenvalue weighted by molar-refractivity contribution is -0.144. The SMILES string of the molecule is O=C1OCC2C3C=C(OCc4ccccc4)C(O3)C12. The number of carbonyl (C=O) groups excluding carboxylic acids is 1. The van der Waals surface area contributed by atoms with Gasteiger partial charge in [0, 0.05) is 5.92 Å². The first-order valence-corrected chi connectivity index (χ1v) is 6.53. The lowest BCUT2D eigenvalue weighted by Gasteiger charge is -2.18. The molecule has 4 nitrogen and oxygen atoms in total. The van der Waals surface area contributed by atoms with Crippen molar-refractivity contribution in [1.82, 2.24) is 0 Å². The number of benzene rings is 1. The molecule has 1 aromatic rings. The summed E-state index contributed by atoms with van der Waals surface area (Å²) in [5.74, 6) is 0.655. The molecule has 3 aliphatic heterocycles. The van der Waals surface area contributed by atoms with Gasteiger partial charge in [-0.1, -0.05) is 30.3 Å². The van der Waals surface area contributed by atoms with Crippen molar-refractivity contribution in [3.63, 3.8) is 0 Å².